The Morgan fingerprint density at radius 3 is 3.00 bits per heavy atom. The zero-order valence-corrected chi connectivity index (χ0v) is 9.87. The van der Waals surface area contributed by atoms with Gasteiger partial charge in [-0.1, -0.05) is 0 Å². The van der Waals surface area contributed by atoms with E-state index in [1.165, 1.54) is 0 Å². The quantitative estimate of drug-likeness (QED) is 0.840. The van der Waals surface area contributed by atoms with E-state index in [-0.39, 0.29) is 0 Å². The van der Waals surface area contributed by atoms with Gasteiger partial charge in [0.2, 0.25) is 0 Å². The maximum absolute atomic E-state index is 5.70. The van der Waals surface area contributed by atoms with Crippen LogP contribution in [0.25, 0.3) is 0 Å². The molecular weight excluding hydrogens is 204 g/mol. The second-order valence-electron chi connectivity index (χ2n) is 4.27. The summed E-state index contributed by atoms with van der Waals surface area (Å²) in [5, 5.41) is 0. The molecule has 1 aromatic heterocycles. The Labute approximate surface area is 96.4 Å². The average molecular weight is 224 g/mol. The molecule has 0 atom stereocenters. The van der Waals surface area contributed by atoms with Crippen molar-refractivity contribution in [3.8, 4) is 0 Å². The predicted octanol–water partition coefficient (Wildman–Crippen LogP) is 1.27. The molecule has 0 radical (unpaired) electrons. The van der Waals surface area contributed by atoms with Crippen LogP contribution in [0.5, 0.6) is 0 Å². The molecule has 1 aromatic rings. The Kier molecular flexibility index (Phi) is 3.98. The summed E-state index contributed by atoms with van der Waals surface area (Å²) in [6, 6.07) is 2.09. The maximum atomic E-state index is 5.70. The summed E-state index contributed by atoms with van der Waals surface area (Å²) in [6.45, 7) is 7.15. The van der Waals surface area contributed by atoms with E-state index in [0.29, 0.717) is 6.54 Å². The van der Waals surface area contributed by atoms with Gasteiger partial charge in [0.15, 0.2) is 0 Å². The SMILES string of the molecule is Cc1cc(CN2CCCOCC2)oc1CN. The van der Waals surface area contributed by atoms with E-state index in [9.17, 15) is 0 Å². The summed E-state index contributed by atoms with van der Waals surface area (Å²) in [5.41, 5.74) is 6.75. The van der Waals surface area contributed by atoms with Gasteiger partial charge in [-0.15, -0.1) is 0 Å². The highest BCUT2D eigenvalue weighted by Crippen LogP contribution is 2.16. The normalized spacial score (nSPS) is 18.6. The fourth-order valence-electron chi connectivity index (χ4n) is 2.05. The molecule has 4 heteroatoms. The molecule has 0 bridgehead atoms. The zero-order valence-electron chi connectivity index (χ0n) is 9.87. The standard InChI is InChI=1S/C12H20N2O2/c1-10-7-11(16-12(10)8-13)9-14-3-2-5-15-6-4-14/h7H,2-6,8-9,13H2,1H3. The third kappa shape index (κ3) is 2.84. The number of furan rings is 1. The smallest absolute Gasteiger partial charge is 0.120 e. The van der Waals surface area contributed by atoms with E-state index in [4.69, 9.17) is 14.9 Å². The highest BCUT2D eigenvalue weighted by molar-refractivity contribution is 5.19. The van der Waals surface area contributed by atoms with Gasteiger partial charge in [-0.2, -0.15) is 0 Å². The lowest BCUT2D eigenvalue weighted by molar-refractivity contribution is 0.139. The Morgan fingerprint density at radius 2 is 2.25 bits per heavy atom. The largest absolute Gasteiger partial charge is 0.463 e. The van der Waals surface area contributed by atoms with Gasteiger partial charge >= 0.3 is 0 Å². The topological polar surface area (TPSA) is 51.6 Å². The first kappa shape index (κ1) is 11.6. The minimum absolute atomic E-state index is 0.481. The van der Waals surface area contributed by atoms with Crippen LogP contribution >= 0.6 is 0 Å². The molecule has 2 rings (SSSR count). The number of hydrogen-bond donors (Lipinski definition) is 1. The molecule has 0 aromatic carbocycles. The van der Waals surface area contributed by atoms with Crippen molar-refractivity contribution in [2.75, 3.05) is 26.3 Å². The molecule has 0 unspecified atom stereocenters. The maximum Gasteiger partial charge on any atom is 0.120 e. The Bertz CT molecular complexity index is 328. The summed E-state index contributed by atoms with van der Waals surface area (Å²) in [7, 11) is 0. The molecule has 0 spiro atoms. The van der Waals surface area contributed by atoms with Crippen molar-refractivity contribution in [2.24, 2.45) is 5.73 Å². The van der Waals surface area contributed by atoms with Gasteiger partial charge in [-0.3, -0.25) is 4.90 Å². The first-order valence-electron chi connectivity index (χ1n) is 5.88. The first-order valence-corrected chi connectivity index (χ1v) is 5.88. The van der Waals surface area contributed by atoms with Crippen molar-refractivity contribution < 1.29 is 9.15 Å². The van der Waals surface area contributed by atoms with Gasteiger partial charge < -0.3 is 14.9 Å². The van der Waals surface area contributed by atoms with Crippen molar-refractivity contribution in [2.45, 2.75) is 26.4 Å². The third-order valence-corrected chi connectivity index (χ3v) is 2.95. The molecule has 0 aliphatic carbocycles. The van der Waals surface area contributed by atoms with Crippen LogP contribution in [-0.2, 0) is 17.8 Å². The highest BCUT2D eigenvalue weighted by atomic mass is 16.5. The van der Waals surface area contributed by atoms with Crippen LogP contribution in [0.15, 0.2) is 10.5 Å². The molecule has 0 saturated carbocycles. The van der Waals surface area contributed by atoms with E-state index in [1.807, 2.05) is 6.92 Å². The summed E-state index contributed by atoms with van der Waals surface area (Å²) in [4.78, 5) is 2.37. The minimum Gasteiger partial charge on any atom is -0.463 e. The predicted molar refractivity (Wildman–Crippen MR) is 62.0 cm³/mol. The molecule has 1 aliphatic rings. The molecule has 2 heterocycles. The van der Waals surface area contributed by atoms with E-state index in [2.05, 4.69) is 11.0 Å². The van der Waals surface area contributed by atoms with E-state index >= 15 is 0 Å². The van der Waals surface area contributed by atoms with Gasteiger partial charge in [-0.25, -0.2) is 0 Å². The third-order valence-electron chi connectivity index (χ3n) is 2.95. The van der Waals surface area contributed by atoms with Crippen LogP contribution in [0.4, 0.5) is 0 Å². The molecular formula is C12H20N2O2. The molecule has 1 aliphatic heterocycles. The van der Waals surface area contributed by atoms with Gasteiger partial charge in [0.05, 0.1) is 19.7 Å². The molecule has 16 heavy (non-hydrogen) atoms. The summed E-state index contributed by atoms with van der Waals surface area (Å²) < 4.78 is 11.1. The van der Waals surface area contributed by atoms with Gasteiger partial charge in [-0.05, 0) is 25.0 Å². The van der Waals surface area contributed by atoms with Crippen molar-refractivity contribution in [1.82, 2.24) is 4.90 Å². The second-order valence-corrected chi connectivity index (χ2v) is 4.27. The van der Waals surface area contributed by atoms with Crippen molar-refractivity contribution in [3.05, 3.63) is 23.2 Å². The lowest BCUT2D eigenvalue weighted by Gasteiger charge is -2.16. The van der Waals surface area contributed by atoms with Crippen LogP contribution in [-0.4, -0.2) is 31.2 Å². The van der Waals surface area contributed by atoms with Crippen LogP contribution < -0.4 is 5.73 Å². The van der Waals surface area contributed by atoms with Crippen molar-refractivity contribution in [1.29, 1.82) is 0 Å². The first-order chi connectivity index (χ1) is 7.79. The average Bonchev–Trinajstić information content (AvgIpc) is 2.50. The lowest BCUT2D eigenvalue weighted by Crippen LogP contribution is -2.25. The number of aryl methyl sites for hydroxylation is 1. The molecule has 4 nitrogen and oxygen atoms in total. The molecule has 2 N–H and O–H groups in total. The number of rotatable bonds is 3. The number of nitrogens with zero attached hydrogens (tertiary/aromatic N) is 1. The fourth-order valence-corrected chi connectivity index (χ4v) is 2.05. The molecule has 1 saturated heterocycles. The lowest BCUT2D eigenvalue weighted by atomic mass is 10.2. The van der Waals surface area contributed by atoms with Crippen LogP contribution in [0.3, 0.4) is 0 Å². The summed E-state index contributed by atoms with van der Waals surface area (Å²) >= 11 is 0. The Hall–Kier alpha value is -0.840. The van der Waals surface area contributed by atoms with Crippen LogP contribution in [0, 0.1) is 6.92 Å². The number of nitrogens with two attached hydrogens (primary N) is 1. The highest BCUT2D eigenvalue weighted by Gasteiger charge is 2.13. The second kappa shape index (κ2) is 5.48. The van der Waals surface area contributed by atoms with Crippen molar-refractivity contribution >= 4 is 0 Å². The number of hydrogen-bond acceptors (Lipinski definition) is 4. The molecule has 90 valence electrons. The molecule has 0 amide bonds. The Morgan fingerprint density at radius 1 is 1.38 bits per heavy atom. The number of ether oxygens (including phenoxy) is 1. The van der Waals surface area contributed by atoms with Crippen molar-refractivity contribution in [3.63, 3.8) is 0 Å². The monoisotopic (exact) mass is 224 g/mol. The van der Waals surface area contributed by atoms with Gasteiger partial charge in [0.1, 0.15) is 11.5 Å². The van der Waals surface area contributed by atoms with Crippen LogP contribution in [0.2, 0.25) is 0 Å². The summed E-state index contributed by atoms with van der Waals surface area (Å²) in [6.07, 6.45) is 1.10. The van der Waals surface area contributed by atoms with E-state index in [1.54, 1.807) is 0 Å². The summed E-state index contributed by atoms with van der Waals surface area (Å²) in [5.74, 6) is 1.92. The van der Waals surface area contributed by atoms with Gasteiger partial charge in [0, 0.05) is 19.7 Å². The van der Waals surface area contributed by atoms with Crippen LogP contribution in [0.1, 0.15) is 23.5 Å². The minimum atomic E-state index is 0.481. The zero-order chi connectivity index (χ0) is 11.4. The fraction of sp³-hybridized carbons (Fsp3) is 0.667. The molecule has 1 fully saturated rings. The van der Waals surface area contributed by atoms with Gasteiger partial charge in [0.25, 0.3) is 0 Å². The Balaban J connectivity index is 1.96. The van der Waals surface area contributed by atoms with E-state index < -0.39 is 0 Å². The van der Waals surface area contributed by atoms with E-state index in [0.717, 1.165) is 56.4 Å².